The summed E-state index contributed by atoms with van der Waals surface area (Å²) in [4.78, 5) is 11.0. The highest BCUT2D eigenvalue weighted by atomic mass is 16.5. The first-order valence-electron chi connectivity index (χ1n) is 6.23. The van der Waals surface area contributed by atoms with Gasteiger partial charge in [0.2, 0.25) is 0 Å². The molecule has 0 amide bonds. The number of carboxylic acid groups (broad SMARTS) is 1. The lowest BCUT2D eigenvalue weighted by Gasteiger charge is -2.11. The fraction of sp³-hybridized carbons (Fsp3) is 0.188. The number of carboxylic acids is 1. The van der Waals surface area contributed by atoms with Gasteiger partial charge < -0.3 is 9.84 Å². The maximum Gasteiger partial charge on any atom is 0.335 e. The molecule has 0 spiro atoms. The number of aromatic carboxylic acids is 1. The van der Waals surface area contributed by atoms with Crippen LogP contribution in [0.25, 0.3) is 0 Å². The molecule has 0 heterocycles. The van der Waals surface area contributed by atoms with Crippen molar-refractivity contribution in [3.05, 3.63) is 65.2 Å². The average molecular weight is 256 g/mol. The molecule has 98 valence electrons. The third-order valence-corrected chi connectivity index (χ3v) is 2.84. The van der Waals surface area contributed by atoms with Crippen LogP contribution in [-0.2, 0) is 6.42 Å². The standard InChI is InChI=1S/C16H16O3/c1-2-19-15-9-8-13(16(17)18)11-14(15)10-12-6-4-3-5-7-12/h3-9,11H,2,10H2,1H3,(H,17,18). The van der Waals surface area contributed by atoms with Crippen LogP contribution in [0.4, 0.5) is 0 Å². The molecule has 2 aromatic rings. The summed E-state index contributed by atoms with van der Waals surface area (Å²) in [5.41, 5.74) is 2.31. The molecule has 0 bridgehead atoms. The van der Waals surface area contributed by atoms with E-state index in [1.54, 1.807) is 18.2 Å². The summed E-state index contributed by atoms with van der Waals surface area (Å²) in [5, 5.41) is 9.06. The Bertz CT molecular complexity index is 561. The van der Waals surface area contributed by atoms with Gasteiger partial charge in [0.1, 0.15) is 5.75 Å². The Labute approximate surface area is 112 Å². The van der Waals surface area contributed by atoms with Gasteiger partial charge in [-0.15, -0.1) is 0 Å². The SMILES string of the molecule is CCOc1ccc(C(=O)O)cc1Cc1ccccc1. The lowest BCUT2D eigenvalue weighted by Crippen LogP contribution is -2.02. The molecule has 2 rings (SSSR count). The van der Waals surface area contributed by atoms with E-state index in [9.17, 15) is 4.79 Å². The van der Waals surface area contributed by atoms with Crippen LogP contribution in [0.2, 0.25) is 0 Å². The number of ether oxygens (including phenoxy) is 1. The number of carbonyl (C=O) groups is 1. The molecule has 0 atom stereocenters. The second-order valence-electron chi connectivity index (χ2n) is 4.22. The van der Waals surface area contributed by atoms with E-state index in [0.717, 1.165) is 16.9 Å². The molecule has 0 aliphatic heterocycles. The number of hydrogen-bond donors (Lipinski definition) is 1. The highest BCUT2D eigenvalue weighted by molar-refractivity contribution is 5.88. The fourth-order valence-corrected chi connectivity index (χ4v) is 1.96. The summed E-state index contributed by atoms with van der Waals surface area (Å²) in [5.74, 6) is -0.172. The number of benzene rings is 2. The van der Waals surface area contributed by atoms with E-state index < -0.39 is 5.97 Å². The molecule has 0 saturated heterocycles. The summed E-state index contributed by atoms with van der Waals surface area (Å²) in [7, 11) is 0. The van der Waals surface area contributed by atoms with Gasteiger partial charge in [-0.1, -0.05) is 30.3 Å². The first-order valence-corrected chi connectivity index (χ1v) is 6.23. The highest BCUT2D eigenvalue weighted by Gasteiger charge is 2.09. The van der Waals surface area contributed by atoms with Crippen LogP contribution < -0.4 is 4.74 Å². The zero-order valence-corrected chi connectivity index (χ0v) is 10.8. The van der Waals surface area contributed by atoms with Crippen LogP contribution in [0.3, 0.4) is 0 Å². The van der Waals surface area contributed by atoms with Crippen molar-refractivity contribution in [2.24, 2.45) is 0 Å². The van der Waals surface area contributed by atoms with Gasteiger partial charge in [0, 0.05) is 6.42 Å². The quantitative estimate of drug-likeness (QED) is 0.892. The molecule has 0 saturated carbocycles. The fourth-order valence-electron chi connectivity index (χ4n) is 1.96. The molecule has 19 heavy (non-hydrogen) atoms. The van der Waals surface area contributed by atoms with Crippen molar-refractivity contribution in [1.82, 2.24) is 0 Å². The summed E-state index contributed by atoms with van der Waals surface area (Å²) < 4.78 is 5.55. The van der Waals surface area contributed by atoms with Gasteiger partial charge in [0.05, 0.1) is 12.2 Å². The minimum absolute atomic E-state index is 0.286. The van der Waals surface area contributed by atoms with Crippen LogP contribution in [-0.4, -0.2) is 17.7 Å². The zero-order valence-electron chi connectivity index (χ0n) is 10.8. The number of rotatable bonds is 5. The van der Waals surface area contributed by atoms with Crippen molar-refractivity contribution in [3.8, 4) is 5.75 Å². The summed E-state index contributed by atoms with van der Waals surface area (Å²) in [6.07, 6.45) is 0.664. The molecule has 3 nitrogen and oxygen atoms in total. The van der Waals surface area contributed by atoms with E-state index in [0.29, 0.717) is 13.0 Å². The van der Waals surface area contributed by atoms with E-state index in [-0.39, 0.29) is 5.56 Å². The third kappa shape index (κ3) is 3.35. The third-order valence-electron chi connectivity index (χ3n) is 2.84. The molecule has 0 fully saturated rings. The van der Waals surface area contributed by atoms with E-state index >= 15 is 0 Å². The van der Waals surface area contributed by atoms with Crippen LogP contribution in [0.1, 0.15) is 28.4 Å². The number of hydrogen-bond acceptors (Lipinski definition) is 2. The van der Waals surface area contributed by atoms with Gasteiger partial charge in [-0.05, 0) is 36.2 Å². The Morgan fingerprint density at radius 2 is 1.89 bits per heavy atom. The lowest BCUT2D eigenvalue weighted by molar-refractivity contribution is 0.0696. The van der Waals surface area contributed by atoms with Gasteiger partial charge >= 0.3 is 5.97 Å². The molecule has 3 heteroatoms. The molecular formula is C16H16O3. The highest BCUT2D eigenvalue weighted by Crippen LogP contribution is 2.23. The van der Waals surface area contributed by atoms with Gasteiger partial charge in [0.25, 0.3) is 0 Å². The second-order valence-corrected chi connectivity index (χ2v) is 4.22. The van der Waals surface area contributed by atoms with E-state index in [1.165, 1.54) is 0 Å². The molecule has 0 aliphatic rings. The van der Waals surface area contributed by atoms with Crippen LogP contribution in [0.5, 0.6) is 5.75 Å². The van der Waals surface area contributed by atoms with Crippen molar-refractivity contribution >= 4 is 5.97 Å². The van der Waals surface area contributed by atoms with Crippen molar-refractivity contribution in [2.45, 2.75) is 13.3 Å². The maximum atomic E-state index is 11.0. The van der Waals surface area contributed by atoms with E-state index in [2.05, 4.69) is 0 Å². The second kappa shape index (κ2) is 6.05. The lowest BCUT2D eigenvalue weighted by atomic mass is 10.0. The maximum absolute atomic E-state index is 11.0. The Kier molecular flexibility index (Phi) is 4.18. The molecule has 0 unspecified atom stereocenters. The monoisotopic (exact) mass is 256 g/mol. The van der Waals surface area contributed by atoms with Crippen molar-refractivity contribution in [2.75, 3.05) is 6.61 Å². The molecule has 2 aromatic carbocycles. The minimum Gasteiger partial charge on any atom is -0.494 e. The zero-order chi connectivity index (χ0) is 13.7. The Hall–Kier alpha value is -2.29. The first-order chi connectivity index (χ1) is 9.20. The predicted molar refractivity (Wildman–Crippen MR) is 73.8 cm³/mol. The van der Waals surface area contributed by atoms with Gasteiger partial charge in [-0.3, -0.25) is 0 Å². The molecule has 0 aliphatic carbocycles. The predicted octanol–water partition coefficient (Wildman–Crippen LogP) is 3.37. The Balaban J connectivity index is 2.34. The molecule has 0 radical (unpaired) electrons. The Morgan fingerprint density at radius 3 is 2.53 bits per heavy atom. The summed E-state index contributed by atoms with van der Waals surface area (Å²) in [6, 6.07) is 14.9. The Morgan fingerprint density at radius 1 is 1.16 bits per heavy atom. The smallest absolute Gasteiger partial charge is 0.335 e. The van der Waals surface area contributed by atoms with E-state index in [1.807, 2.05) is 37.3 Å². The van der Waals surface area contributed by atoms with Gasteiger partial charge in [-0.2, -0.15) is 0 Å². The average Bonchev–Trinajstić information content (AvgIpc) is 2.42. The van der Waals surface area contributed by atoms with E-state index in [4.69, 9.17) is 9.84 Å². The minimum atomic E-state index is -0.919. The molecule has 1 N–H and O–H groups in total. The van der Waals surface area contributed by atoms with Crippen molar-refractivity contribution in [3.63, 3.8) is 0 Å². The summed E-state index contributed by atoms with van der Waals surface area (Å²) >= 11 is 0. The van der Waals surface area contributed by atoms with Crippen molar-refractivity contribution < 1.29 is 14.6 Å². The normalized spacial score (nSPS) is 10.2. The summed E-state index contributed by atoms with van der Waals surface area (Å²) in [6.45, 7) is 2.48. The topological polar surface area (TPSA) is 46.5 Å². The van der Waals surface area contributed by atoms with Crippen LogP contribution in [0.15, 0.2) is 48.5 Å². The molecular weight excluding hydrogens is 240 g/mol. The van der Waals surface area contributed by atoms with Gasteiger partial charge in [0.15, 0.2) is 0 Å². The van der Waals surface area contributed by atoms with Crippen molar-refractivity contribution in [1.29, 1.82) is 0 Å². The first kappa shape index (κ1) is 13.1. The van der Waals surface area contributed by atoms with Crippen LogP contribution >= 0.6 is 0 Å². The molecule has 0 aromatic heterocycles. The van der Waals surface area contributed by atoms with Gasteiger partial charge in [-0.25, -0.2) is 4.79 Å². The van der Waals surface area contributed by atoms with Crippen LogP contribution in [0, 0.1) is 0 Å². The largest absolute Gasteiger partial charge is 0.494 e.